The first-order valence-electron chi connectivity index (χ1n) is 7.87. The van der Waals surface area contributed by atoms with Crippen LogP contribution in [0.2, 0.25) is 0 Å². The molecule has 0 aliphatic heterocycles. The van der Waals surface area contributed by atoms with E-state index in [1.54, 1.807) is 18.2 Å². The van der Waals surface area contributed by atoms with Crippen LogP contribution in [0, 0.1) is 12.7 Å². The lowest BCUT2D eigenvalue weighted by Gasteiger charge is -2.08. The molecule has 24 heavy (non-hydrogen) atoms. The maximum atomic E-state index is 13.4. The first kappa shape index (κ1) is 17.7. The largest absolute Gasteiger partial charge is 0.355 e. The van der Waals surface area contributed by atoms with Crippen molar-refractivity contribution in [1.82, 2.24) is 10.6 Å². The zero-order valence-electron chi connectivity index (χ0n) is 13.6. The Morgan fingerprint density at radius 3 is 2.25 bits per heavy atom. The number of nitrogens with one attached hydrogen (secondary N) is 2. The van der Waals surface area contributed by atoms with Gasteiger partial charge in [-0.25, -0.2) is 4.39 Å². The summed E-state index contributed by atoms with van der Waals surface area (Å²) < 4.78 is 13.4. The van der Waals surface area contributed by atoms with Crippen LogP contribution in [0.15, 0.2) is 48.5 Å². The number of aryl methyl sites for hydroxylation is 1. The number of carbonyl (C=O) groups excluding carboxylic acids is 2. The summed E-state index contributed by atoms with van der Waals surface area (Å²) in [5.74, 6) is -0.988. The number of hydrogen-bond acceptors (Lipinski definition) is 2. The van der Waals surface area contributed by atoms with E-state index in [-0.39, 0.29) is 24.1 Å². The second-order valence-corrected chi connectivity index (χ2v) is 5.57. The predicted octanol–water partition coefficient (Wildman–Crippen LogP) is 2.50. The topological polar surface area (TPSA) is 58.2 Å². The number of rotatable bonds is 7. The van der Waals surface area contributed by atoms with E-state index in [4.69, 9.17) is 0 Å². The molecule has 126 valence electrons. The van der Waals surface area contributed by atoms with Crippen molar-refractivity contribution >= 4 is 11.8 Å². The molecule has 0 aromatic heterocycles. The number of halogens is 1. The van der Waals surface area contributed by atoms with Gasteiger partial charge in [-0.05, 0) is 36.1 Å². The van der Waals surface area contributed by atoms with Crippen LogP contribution in [-0.2, 0) is 22.6 Å². The summed E-state index contributed by atoms with van der Waals surface area (Å²) in [7, 11) is 0. The molecule has 2 amide bonds. The van der Waals surface area contributed by atoms with Crippen LogP contribution in [0.5, 0.6) is 0 Å². The summed E-state index contributed by atoms with van der Waals surface area (Å²) in [6.07, 6.45) is 0.159. The first-order valence-corrected chi connectivity index (χ1v) is 7.87. The summed E-state index contributed by atoms with van der Waals surface area (Å²) >= 11 is 0. The molecule has 2 aromatic carbocycles. The van der Waals surface area contributed by atoms with E-state index in [9.17, 15) is 14.0 Å². The molecule has 0 spiro atoms. The van der Waals surface area contributed by atoms with Crippen molar-refractivity contribution in [3.63, 3.8) is 0 Å². The van der Waals surface area contributed by atoms with Gasteiger partial charge in [0.15, 0.2) is 0 Å². The van der Waals surface area contributed by atoms with Gasteiger partial charge in [0.2, 0.25) is 11.8 Å². The van der Waals surface area contributed by atoms with Gasteiger partial charge in [0.05, 0.1) is 0 Å². The summed E-state index contributed by atoms with van der Waals surface area (Å²) in [6, 6.07) is 14.2. The Morgan fingerprint density at radius 1 is 0.917 bits per heavy atom. The first-order chi connectivity index (χ1) is 11.6. The molecule has 0 aliphatic rings. The van der Waals surface area contributed by atoms with Gasteiger partial charge in [-0.1, -0.05) is 42.5 Å². The highest BCUT2D eigenvalue weighted by atomic mass is 19.1. The third kappa shape index (κ3) is 5.50. The Hall–Kier alpha value is -2.69. The molecule has 0 aliphatic carbocycles. The summed E-state index contributed by atoms with van der Waals surface area (Å²) in [4.78, 5) is 23.5. The van der Waals surface area contributed by atoms with Gasteiger partial charge in [-0.2, -0.15) is 0 Å². The van der Waals surface area contributed by atoms with Gasteiger partial charge in [-0.3, -0.25) is 9.59 Å². The Bertz CT molecular complexity index is 716. The van der Waals surface area contributed by atoms with Gasteiger partial charge in [0, 0.05) is 13.1 Å². The molecule has 0 radical (unpaired) electrons. The normalized spacial score (nSPS) is 10.2. The van der Waals surface area contributed by atoms with Crippen LogP contribution in [0.3, 0.4) is 0 Å². The number of hydrogen-bond donors (Lipinski definition) is 2. The average molecular weight is 328 g/mol. The maximum Gasteiger partial charge on any atom is 0.229 e. The molecular weight excluding hydrogens is 307 g/mol. The fourth-order valence-electron chi connectivity index (χ4n) is 2.31. The van der Waals surface area contributed by atoms with Crippen LogP contribution in [0.25, 0.3) is 0 Å². The lowest BCUT2D eigenvalue weighted by Crippen LogP contribution is -2.32. The minimum atomic E-state index is -0.367. The summed E-state index contributed by atoms with van der Waals surface area (Å²) in [5.41, 5.74) is 2.65. The predicted molar refractivity (Wildman–Crippen MR) is 90.8 cm³/mol. The molecule has 0 saturated heterocycles. The fourth-order valence-corrected chi connectivity index (χ4v) is 2.31. The monoisotopic (exact) mass is 328 g/mol. The maximum absolute atomic E-state index is 13.4. The Balaban J connectivity index is 1.69. The highest BCUT2D eigenvalue weighted by molar-refractivity contribution is 5.96. The quantitative estimate of drug-likeness (QED) is 0.767. The molecule has 0 fully saturated rings. The van der Waals surface area contributed by atoms with E-state index in [1.165, 1.54) is 6.07 Å². The fraction of sp³-hybridized carbons (Fsp3) is 0.263. The van der Waals surface area contributed by atoms with Crippen LogP contribution in [0.1, 0.15) is 23.1 Å². The molecule has 2 aromatic rings. The standard InChI is InChI=1S/C19H21FN2O2/c1-14-6-2-3-8-16(14)13-22-19(24)12-18(23)21-11-10-15-7-4-5-9-17(15)20/h2-9H,10-13H2,1H3,(H,21,23)(H,22,24). The number of carbonyl (C=O) groups is 2. The Labute approximate surface area is 141 Å². The van der Waals surface area contributed by atoms with Crippen molar-refractivity contribution in [2.75, 3.05) is 6.54 Å². The SMILES string of the molecule is Cc1ccccc1CNC(=O)CC(=O)NCCc1ccccc1F. The van der Waals surface area contributed by atoms with Gasteiger partial charge >= 0.3 is 0 Å². The summed E-state index contributed by atoms with van der Waals surface area (Å²) in [6.45, 7) is 2.66. The second-order valence-electron chi connectivity index (χ2n) is 5.57. The van der Waals surface area contributed by atoms with Crippen molar-refractivity contribution in [2.45, 2.75) is 26.3 Å². The zero-order valence-corrected chi connectivity index (χ0v) is 13.6. The van der Waals surface area contributed by atoms with E-state index in [2.05, 4.69) is 10.6 Å². The molecule has 2 rings (SSSR count). The number of benzene rings is 2. The van der Waals surface area contributed by atoms with Gasteiger partial charge in [0.25, 0.3) is 0 Å². The Kier molecular flexibility index (Phi) is 6.49. The van der Waals surface area contributed by atoms with Crippen molar-refractivity contribution in [2.24, 2.45) is 0 Å². The highest BCUT2D eigenvalue weighted by Crippen LogP contribution is 2.07. The van der Waals surface area contributed by atoms with Gasteiger partial charge in [-0.15, -0.1) is 0 Å². The lowest BCUT2D eigenvalue weighted by atomic mass is 10.1. The van der Waals surface area contributed by atoms with E-state index in [0.717, 1.165) is 11.1 Å². The Morgan fingerprint density at radius 2 is 1.54 bits per heavy atom. The van der Waals surface area contributed by atoms with Crippen LogP contribution in [-0.4, -0.2) is 18.4 Å². The van der Waals surface area contributed by atoms with Crippen molar-refractivity contribution in [1.29, 1.82) is 0 Å². The van der Waals surface area contributed by atoms with E-state index >= 15 is 0 Å². The van der Waals surface area contributed by atoms with Crippen molar-refractivity contribution in [3.05, 3.63) is 71.0 Å². The van der Waals surface area contributed by atoms with Crippen molar-refractivity contribution in [3.8, 4) is 0 Å². The van der Waals surface area contributed by atoms with Crippen LogP contribution >= 0.6 is 0 Å². The molecule has 0 heterocycles. The van der Waals surface area contributed by atoms with Crippen molar-refractivity contribution < 1.29 is 14.0 Å². The highest BCUT2D eigenvalue weighted by Gasteiger charge is 2.09. The van der Waals surface area contributed by atoms with E-state index in [0.29, 0.717) is 25.1 Å². The van der Waals surface area contributed by atoms with Crippen LogP contribution in [0.4, 0.5) is 4.39 Å². The number of amides is 2. The third-order valence-electron chi connectivity index (χ3n) is 3.73. The molecular formula is C19H21FN2O2. The molecule has 0 atom stereocenters. The minimum absolute atomic E-state index is 0.233. The second kappa shape index (κ2) is 8.82. The third-order valence-corrected chi connectivity index (χ3v) is 3.73. The van der Waals surface area contributed by atoms with Gasteiger partial charge < -0.3 is 10.6 Å². The molecule has 5 heteroatoms. The minimum Gasteiger partial charge on any atom is -0.355 e. The molecule has 0 bridgehead atoms. The van der Waals surface area contributed by atoms with E-state index < -0.39 is 0 Å². The average Bonchev–Trinajstić information content (AvgIpc) is 2.56. The van der Waals surface area contributed by atoms with Gasteiger partial charge in [0.1, 0.15) is 12.2 Å². The molecule has 4 nitrogen and oxygen atoms in total. The smallest absolute Gasteiger partial charge is 0.229 e. The molecule has 0 unspecified atom stereocenters. The van der Waals surface area contributed by atoms with Crippen LogP contribution < -0.4 is 10.6 Å². The lowest BCUT2D eigenvalue weighted by molar-refractivity contribution is -0.129. The summed E-state index contributed by atoms with van der Waals surface area (Å²) in [5, 5.41) is 5.36. The molecule has 0 saturated carbocycles. The van der Waals surface area contributed by atoms with E-state index in [1.807, 2.05) is 31.2 Å². The zero-order chi connectivity index (χ0) is 17.4. The molecule has 2 N–H and O–H groups in total.